The van der Waals surface area contributed by atoms with Crippen molar-refractivity contribution in [3.63, 3.8) is 0 Å². The molecule has 0 aliphatic heterocycles. The Balaban J connectivity index is 2.65. The molecule has 0 bridgehead atoms. The van der Waals surface area contributed by atoms with Crippen molar-refractivity contribution >= 4 is 0 Å². The predicted octanol–water partition coefficient (Wildman–Crippen LogP) is 1.23. The highest BCUT2D eigenvalue weighted by Crippen LogP contribution is 2.13. The third kappa shape index (κ3) is 1.31. The minimum atomic E-state index is -0.0799. The zero-order valence-corrected chi connectivity index (χ0v) is 5.20. The van der Waals surface area contributed by atoms with Crippen molar-refractivity contribution in [1.29, 1.82) is 0 Å². The maximum Gasteiger partial charge on any atom is 0.104 e. The van der Waals surface area contributed by atoms with Crippen molar-refractivity contribution < 1.29 is 9.25 Å². The Labute approximate surface area is 53.4 Å². The Bertz CT molecular complexity index is 160. The van der Waals surface area contributed by atoms with Gasteiger partial charge in [0.2, 0.25) is 0 Å². The lowest BCUT2D eigenvalue weighted by Gasteiger charge is -2.02. The quantitative estimate of drug-likeness (QED) is 0.608. The maximum absolute atomic E-state index is 4.92. The van der Waals surface area contributed by atoms with E-state index in [1.165, 1.54) is 0 Å². The van der Waals surface area contributed by atoms with Crippen LogP contribution in [-0.2, 0) is 4.84 Å². The molecule has 1 unspecified atom stereocenters. The highest BCUT2D eigenvalue weighted by Gasteiger charge is 2.03. The number of nitrogens with two attached hydrogens (primary N) is 1. The van der Waals surface area contributed by atoms with Crippen LogP contribution in [0.4, 0.5) is 0 Å². The second kappa shape index (κ2) is 2.66. The first-order valence-electron chi connectivity index (χ1n) is 2.72. The lowest BCUT2D eigenvalue weighted by Crippen LogP contribution is -2.03. The van der Waals surface area contributed by atoms with Gasteiger partial charge in [0.1, 0.15) is 6.10 Å². The first kappa shape index (κ1) is 6.32. The van der Waals surface area contributed by atoms with Gasteiger partial charge in [-0.2, -0.15) is 0 Å². The highest BCUT2D eigenvalue weighted by atomic mass is 16.6. The van der Waals surface area contributed by atoms with E-state index in [2.05, 4.69) is 4.84 Å². The zero-order valence-electron chi connectivity index (χ0n) is 5.20. The van der Waals surface area contributed by atoms with Gasteiger partial charge in [0.25, 0.3) is 0 Å². The molecule has 2 N–H and O–H groups in total. The van der Waals surface area contributed by atoms with Gasteiger partial charge in [0, 0.05) is 5.56 Å². The third-order valence-corrected chi connectivity index (χ3v) is 1.22. The Morgan fingerprint density at radius 3 is 3.00 bits per heavy atom. The van der Waals surface area contributed by atoms with Crippen LogP contribution in [-0.4, -0.2) is 0 Å². The van der Waals surface area contributed by atoms with E-state index >= 15 is 0 Å². The lowest BCUT2D eigenvalue weighted by atomic mass is 10.2. The van der Waals surface area contributed by atoms with Crippen LogP contribution in [0.3, 0.4) is 0 Å². The van der Waals surface area contributed by atoms with Crippen LogP contribution in [0.2, 0.25) is 0 Å². The van der Waals surface area contributed by atoms with Crippen molar-refractivity contribution in [2.45, 2.75) is 13.0 Å². The molecule has 1 aromatic heterocycles. The predicted molar refractivity (Wildman–Crippen MR) is 32.4 cm³/mol. The minimum Gasteiger partial charge on any atom is -0.472 e. The summed E-state index contributed by atoms with van der Waals surface area (Å²) in [7, 11) is 0. The van der Waals surface area contributed by atoms with Gasteiger partial charge < -0.3 is 4.42 Å². The van der Waals surface area contributed by atoms with Crippen LogP contribution in [0.15, 0.2) is 23.0 Å². The standard InChI is InChI=1S/C6H9NO2/c1-5(9-7)6-2-3-8-4-6/h2-5H,7H2,1H3. The van der Waals surface area contributed by atoms with Gasteiger partial charge in [0.05, 0.1) is 12.5 Å². The van der Waals surface area contributed by atoms with Crippen molar-refractivity contribution in [3.8, 4) is 0 Å². The summed E-state index contributed by atoms with van der Waals surface area (Å²) in [5.41, 5.74) is 0.956. The number of furan rings is 1. The summed E-state index contributed by atoms with van der Waals surface area (Å²) in [6.45, 7) is 1.85. The van der Waals surface area contributed by atoms with Gasteiger partial charge in [-0.25, -0.2) is 5.90 Å². The van der Waals surface area contributed by atoms with Crippen LogP contribution in [0.25, 0.3) is 0 Å². The molecule has 50 valence electrons. The Hall–Kier alpha value is -0.800. The normalized spacial score (nSPS) is 13.6. The van der Waals surface area contributed by atoms with Crippen molar-refractivity contribution in [2.24, 2.45) is 5.90 Å². The van der Waals surface area contributed by atoms with E-state index in [0.717, 1.165) is 5.56 Å². The summed E-state index contributed by atoms with van der Waals surface area (Å²) in [4.78, 5) is 4.53. The monoisotopic (exact) mass is 127 g/mol. The molecule has 1 rings (SSSR count). The fourth-order valence-corrected chi connectivity index (χ4v) is 0.585. The summed E-state index contributed by atoms with van der Waals surface area (Å²) >= 11 is 0. The minimum absolute atomic E-state index is 0.0799. The van der Waals surface area contributed by atoms with E-state index in [1.54, 1.807) is 12.5 Å². The molecule has 3 heteroatoms. The Kier molecular flexibility index (Phi) is 1.87. The van der Waals surface area contributed by atoms with Crippen molar-refractivity contribution in [3.05, 3.63) is 24.2 Å². The molecule has 0 amide bonds. The molecule has 9 heavy (non-hydrogen) atoms. The number of hydrogen-bond acceptors (Lipinski definition) is 3. The SMILES string of the molecule is CC(ON)c1ccoc1. The number of hydrogen-bond donors (Lipinski definition) is 1. The molecular formula is C6H9NO2. The molecule has 0 saturated heterocycles. The molecule has 0 fully saturated rings. The molecule has 1 aromatic rings. The summed E-state index contributed by atoms with van der Waals surface area (Å²) < 4.78 is 4.80. The fourth-order valence-electron chi connectivity index (χ4n) is 0.585. The van der Waals surface area contributed by atoms with E-state index in [4.69, 9.17) is 10.3 Å². The summed E-state index contributed by atoms with van der Waals surface area (Å²) in [5, 5.41) is 0. The van der Waals surface area contributed by atoms with Crippen LogP contribution in [0.5, 0.6) is 0 Å². The molecular weight excluding hydrogens is 118 g/mol. The van der Waals surface area contributed by atoms with Crippen LogP contribution in [0, 0.1) is 0 Å². The van der Waals surface area contributed by atoms with Gasteiger partial charge in [0.15, 0.2) is 0 Å². The zero-order chi connectivity index (χ0) is 6.69. The Morgan fingerprint density at radius 1 is 1.78 bits per heavy atom. The summed E-state index contributed by atoms with van der Waals surface area (Å²) in [6.07, 6.45) is 3.12. The largest absolute Gasteiger partial charge is 0.472 e. The first-order valence-corrected chi connectivity index (χ1v) is 2.72. The second-order valence-corrected chi connectivity index (χ2v) is 1.83. The molecule has 1 heterocycles. The van der Waals surface area contributed by atoms with Gasteiger partial charge in [-0.05, 0) is 13.0 Å². The lowest BCUT2D eigenvalue weighted by molar-refractivity contribution is 0.0660. The van der Waals surface area contributed by atoms with Crippen LogP contribution < -0.4 is 5.90 Å². The molecule has 0 aliphatic rings. The van der Waals surface area contributed by atoms with Gasteiger partial charge in [-0.3, -0.25) is 4.84 Å². The van der Waals surface area contributed by atoms with E-state index < -0.39 is 0 Å². The highest BCUT2D eigenvalue weighted by molar-refractivity contribution is 5.07. The Morgan fingerprint density at radius 2 is 2.56 bits per heavy atom. The maximum atomic E-state index is 4.92. The molecule has 0 spiro atoms. The van der Waals surface area contributed by atoms with Gasteiger partial charge >= 0.3 is 0 Å². The topological polar surface area (TPSA) is 48.4 Å². The molecule has 1 atom stereocenters. The molecule has 0 aliphatic carbocycles. The summed E-state index contributed by atoms with van der Waals surface area (Å²) in [5.74, 6) is 4.92. The van der Waals surface area contributed by atoms with Crippen LogP contribution in [0.1, 0.15) is 18.6 Å². The van der Waals surface area contributed by atoms with Gasteiger partial charge in [-0.15, -0.1) is 0 Å². The van der Waals surface area contributed by atoms with E-state index in [9.17, 15) is 0 Å². The molecule has 0 radical (unpaired) electrons. The second-order valence-electron chi connectivity index (χ2n) is 1.83. The smallest absolute Gasteiger partial charge is 0.104 e. The fraction of sp³-hybridized carbons (Fsp3) is 0.333. The van der Waals surface area contributed by atoms with Crippen molar-refractivity contribution in [1.82, 2.24) is 0 Å². The average molecular weight is 127 g/mol. The van der Waals surface area contributed by atoms with Crippen molar-refractivity contribution in [2.75, 3.05) is 0 Å². The molecule has 0 aromatic carbocycles. The number of rotatable bonds is 2. The van der Waals surface area contributed by atoms with E-state index in [1.807, 2.05) is 13.0 Å². The van der Waals surface area contributed by atoms with E-state index in [0.29, 0.717) is 0 Å². The van der Waals surface area contributed by atoms with E-state index in [-0.39, 0.29) is 6.10 Å². The summed E-state index contributed by atoms with van der Waals surface area (Å²) in [6, 6.07) is 1.82. The first-order chi connectivity index (χ1) is 4.34. The third-order valence-electron chi connectivity index (χ3n) is 1.22. The average Bonchev–Trinajstić information content (AvgIpc) is 2.37. The van der Waals surface area contributed by atoms with Crippen LogP contribution >= 0.6 is 0 Å². The van der Waals surface area contributed by atoms with Gasteiger partial charge in [-0.1, -0.05) is 0 Å². The molecule has 3 nitrogen and oxygen atoms in total. The molecule has 0 saturated carbocycles.